The molecule has 2 aromatic rings. The van der Waals surface area contributed by atoms with Crippen LogP contribution in [-0.4, -0.2) is 46.5 Å². The maximum absolute atomic E-state index is 12.2. The number of ether oxygens (including phenoxy) is 2. The number of carbonyl (C=O) groups is 3. The molecule has 30 heavy (non-hydrogen) atoms. The van der Waals surface area contributed by atoms with Gasteiger partial charge in [-0.25, -0.2) is 13.2 Å². The van der Waals surface area contributed by atoms with Crippen LogP contribution in [0.25, 0.3) is 0 Å². The molecule has 1 amide bonds. The summed E-state index contributed by atoms with van der Waals surface area (Å²) in [4.78, 5) is 34.9. The molecule has 0 saturated heterocycles. The van der Waals surface area contributed by atoms with Crippen molar-refractivity contribution in [2.24, 2.45) is 0 Å². The monoisotopic (exact) mass is 474 g/mol. The molecular formula is C18H16Cl2N2O7S. The summed E-state index contributed by atoms with van der Waals surface area (Å²) < 4.78 is 35.7. The average Bonchev–Trinajstić information content (AvgIpc) is 2.72. The summed E-state index contributed by atoms with van der Waals surface area (Å²) in [7, 11) is -2.81. The van der Waals surface area contributed by atoms with Gasteiger partial charge < -0.3 is 14.8 Å². The number of esters is 2. The van der Waals surface area contributed by atoms with Crippen LogP contribution >= 0.6 is 23.2 Å². The normalized spacial score (nSPS) is 10.9. The average molecular weight is 475 g/mol. The predicted octanol–water partition coefficient (Wildman–Crippen LogP) is 2.24. The second-order valence-electron chi connectivity index (χ2n) is 5.68. The van der Waals surface area contributed by atoms with Gasteiger partial charge in [-0.15, -0.1) is 0 Å². The first-order valence-electron chi connectivity index (χ1n) is 8.21. The first kappa shape index (κ1) is 23.6. The van der Waals surface area contributed by atoms with Gasteiger partial charge >= 0.3 is 11.9 Å². The van der Waals surface area contributed by atoms with Gasteiger partial charge in [0.25, 0.3) is 5.91 Å². The highest BCUT2D eigenvalue weighted by atomic mass is 35.5. The van der Waals surface area contributed by atoms with E-state index in [9.17, 15) is 22.8 Å². The highest BCUT2D eigenvalue weighted by Gasteiger charge is 2.18. The second-order valence-corrected chi connectivity index (χ2v) is 8.26. The highest BCUT2D eigenvalue weighted by molar-refractivity contribution is 7.89. The van der Waals surface area contributed by atoms with Crippen molar-refractivity contribution in [3.05, 3.63) is 58.1 Å². The van der Waals surface area contributed by atoms with Gasteiger partial charge in [0, 0.05) is 5.69 Å². The Kier molecular flexibility index (Phi) is 8.18. The topological polar surface area (TPSA) is 128 Å². The standard InChI is InChI=1S/C18H16Cl2N2O7S/c1-28-18(25)11-3-2-4-12(7-11)22-16(23)10-29-17(24)9-21-30(26,27)13-5-6-14(19)15(20)8-13/h2-8,21H,9-10H2,1H3,(H,22,23). The zero-order chi connectivity index (χ0) is 22.3. The Bertz CT molecular complexity index is 1070. The molecular weight excluding hydrogens is 459 g/mol. The lowest BCUT2D eigenvalue weighted by molar-refractivity contribution is -0.146. The molecule has 0 unspecified atom stereocenters. The molecule has 2 rings (SSSR count). The van der Waals surface area contributed by atoms with Gasteiger partial charge in [-0.1, -0.05) is 29.3 Å². The van der Waals surface area contributed by atoms with Crippen molar-refractivity contribution in [1.82, 2.24) is 4.72 Å². The number of sulfonamides is 1. The Hall–Kier alpha value is -2.66. The van der Waals surface area contributed by atoms with E-state index in [-0.39, 0.29) is 20.5 Å². The highest BCUT2D eigenvalue weighted by Crippen LogP contribution is 2.24. The van der Waals surface area contributed by atoms with Crippen LogP contribution in [0.2, 0.25) is 10.0 Å². The maximum Gasteiger partial charge on any atom is 0.337 e. The number of benzene rings is 2. The van der Waals surface area contributed by atoms with Crippen LogP contribution in [0, 0.1) is 0 Å². The lowest BCUT2D eigenvalue weighted by Gasteiger charge is -2.09. The van der Waals surface area contributed by atoms with E-state index in [4.69, 9.17) is 27.9 Å². The van der Waals surface area contributed by atoms with Gasteiger partial charge in [0.1, 0.15) is 6.54 Å². The lowest BCUT2D eigenvalue weighted by atomic mass is 10.2. The third-order valence-corrected chi connectivity index (χ3v) is 5.68. The quantitative estimate of drug-likeness (QED) is 0.561. The van der Waals surface area contributed by atoms with Gasteiger partial charge in [0.05, 0.1) is 27.6 Å². The van der Waals surface area contributed by atoms with Crippen LogP contribution in [0.15, 0.2) is 47.4 Å². The third kappa shape index (κ3) is 6.70. The van der Waals surface area contributed by atoms with Gasteiger partial charge in [0.2, 0.25) is 10.0 Å². The third-order valence-electron chi connectivity index (χ3n) is 3.54. The van der Waals surface area contributed by atoms with Gasteiger partial charge in [-0.05, 0) is 36.4 Å². The zero-order valence-electron chi connectivity index (χ0n) is 15.5. The van der Waals surface area contributed by atoms with Crippen molar-refractivity contribution in [3.8, 4) is 0 Å². The number of nitrogens with one attached hydrogen (secondary N) is 2. The first-order valence-corrected chi connectivity index (χ1v) is 10.4. The van der Waals surface area contributed by atoms with Crippen LogP contribution in [0.1, 0.15) is 10.4 Å². The summed E-state index contributed by atoms with van der Waals surface area (Å²) in [6.07, 6.45) is 0. The van der Waals surface area contributed by atoms with Crippen LogP contribution in [0.4, 0.5) is 5.69 Å². The molecule has 0 radical (unpaired) electrons. The van der Waals surface area contributed by atoms with Crippen molar-refractivity contribution in [2.45, 2.75) is 4.90 Å². The van der Waals surface area contributed by atoms with E-state index in [1.807, 2.05) is 4.72 Å². The smallest absolute Gasteiger partial charge is 0.337 e. The van der Waals surface area contributed by atoms with Crippen molar-refractivity contribution < 1.29 is 32.3 Å². The molecule has 0 aliphatic carbocycles. The molecule has 2 aromatic carbocycles. The Morgan fingerprint density at radius 3 is 2.43 bits per heavy atom. The van der Waals surface area contributed by atoms with E-state index >= 15 is 0 Å². The van der Waals surface area contributed by atoms with E-state index in [1.165, 1.54) is 43.5 Å². The molecule has 160 valence electrons. The molecule has 0 aliphatic rings. The fraction of sp³-hybridized carbons (Fsp3) is 0.167. The molecule has 0 atom stereocenters. The minimum atomic E-state index is -4.04. The summed E-state index contributed by atoms with van der Waals surface area (Å²) in [5, 5.41) is 2.65. The molecule has 9 nitrogen and oxygen atoms in total. The molecule has 0 saturated carbocycles. The van der Waals surface area contributed by atoms with Crippen molar-refractivity contribution in [2.75, 3.05) is 25.6 Å². The van der Waals surface area contributed by atoms with E-state index in [0.29, 0.717) is 5.69 Å². The molecule has 2 N–H and O–H groups in total. The second kappa shape index (κ2) is 10.4. The molecule has 0 bridgehead atoms. The van der Waals surface area contributed by atoms with E-state index in [2.05, 4.69) is 10.1 Å². The van der Waals surface area contributed by atoms with Crippen LogP contribution in [-0.2, 0) is 29.1 Å². The Morgan fingerprint density at radius 2 is 1.77 bits per heavy atom. The van der Waals surface area contributed by atoms with Crippen LogP contribution < -0.4 is 10.0 Å². The number of methoxy groups -OCH3 is 1. The van der Waals surface area contributed by atoms with Crippen LogP contribution in [0.5, 0.6) is 0 Å². The SMILES string of the molecule is COC(=O)c1cccc(NC(=O)COC(=O)CNS(=O)(=O)c2ccc(Cl)c(Cl)c2)c1. The molecule has 12 heteroatoms. The number of amides is 1. The summed E-state index contributed by atoms with van der Waals surface area (Å²) >= 11 is 11.5. The maximum atomic E-state index is 12.2. The van der Waals surface area contributed by atoms with Crippen LogP contribution in [0.3, 0.4) is 0 Å². The first-order chi connectivity index (χ1) is 14.1. The van der Waals surface area contributed by atoms with Gasteiger partial charge in [-0.2, -0.15) is 4.72 Å². The molecule has 0 spiro atoms. The minimum Gasteiger partial charge on any atom is -0.465 e. The van der Waals surface area contributed by atoms with Gasteiger partial charge in [-0.3, -0.25) is 9.59 Å². The fourth-order valence-corrected chi connectivity index (χ4v) is 3.47. The number of anilines is 1. The van der Waals surface area contributed by atoms with Crippen molar-refractivity contribution in [3.63, 3.8) is 0 Å². The summed E-state index contributed by atoms with van der Waals surface area (Å²) in [5.74, 6) is -2.23. The van der Waals surface area contributed by atoms with E-state index in [1.54, 1.807) is 0 Å². The Labute approximate surface area is 182 Å². The molecule has 0 aliphatic heterocycles. The fourth-order valence-electron chi connectivity index (χ4n) is 2.12. The molecule has 0 fully saturated rings. The van der Waals surface area contributed by atoms with E-state index in [0.717, 1.165) is 6.07 Å². The summed E-state index contributed by atoms with van der Waals surface area (Å²) in [6, 6.07) is 9.60. The summed E-state index contributed by atoms with van der Waals surface area (Å²) in [6.45, 7) is -1.36. The largest absolute Gasteiger partial charge is 0.465 e. The molecule has 0 aromatic heterocycles. The van der Waals surface area contributed by atoms with Crippen molar-refractivity contribution >= 4 is 56.8 Å². The number of halogens is 2. The Morgan fingerprint density at radius 1 is 1.03 bits per heavy atom. The summed E-state index contributed by atoms with van der Waals surface area (Å²) in [5.41, 5.74) is 0.517. The zero-order valence-corrected chi connectivity index (χ0v) is 17.8. The van der Waals surface area contributed by atoms with Crippen molar-refractivity contribution in [1.29, 1.82) is 0 Å². The molecule has 0 heterocycles. The lowest BCUT2D eigenvalue weighted by Crippen LogP contribution is -2.32. The minimum absolute atomic E-state index is 0.0371. The Balaban J connectivity index is 1.85. The number of rotatable bonds is 8. The number of hydrogen-bond donors (Lipinski definition) is 2. The van der Waals surface area contributed by atoms with E-state index < -0.39 is 41.0 Å². The number of hydrogen-bond acceptors (Lipinski definition) is 7. The van der Waals surface area contributed by atoms with Gasteiger partial charge in [0.15, 0.2) is 6.61 Å². The number of carbonyl (C=O) groups excluding carboxylic acids is 3. The predicted molar refractivity (Wildman–Crippen MR) is 109 cm³/mol.